The highest BCUT2D eigenvalue weighted by molar-refractivity contribution is 7.26. The van der Waals surface area contributed by atoms with Gasteiger partial charge in [0.15, 0.2) is 17.5 Å². The number of hydrogen-bond donors (Lipinski definition) is 0. The molecule has 0 aliphatic carbocycles. The van der Waals surface area contributed by atoms with Crippen LogP contribution in [0.15, 0.2) is 200 Å². The first-order chi connectivity index (χ1) is 29.2. The first-order valence-electron chi connectivity index (χ1n) is 19.9. The van der Waals surface area contributed by atoms with Crippen LogP contribution in [0.1, 0.15) is 0 Å². The van der Waals surface area contributed by atoms with E-state index < -0.39 is 0 Å². The third-order valence-electron chi connectivity index (χ3n) is 11.7. The Kier molecular flexibility index (Phi) is 7.72. The Balaban J connectivity index is 1.16. The number of fused-ring (bicyclic) bond motifs is 7. The molecule has 0 saturated carbocycles. The summed E-state index contributed by atoms with van der Waals surface area (Å²) in [5.74, 6) is 1.94. The average molecular weight is 768 g/mol. The van der Waals surface area contributed by atoms with E-state index >= 15 is 0 Å². The maximum absolute atomic E-state index is 5.51. The monoisotopic (exact) mass is 767 g/mol. The summed E-state index contributed by atoms with van der Waals surface area (Å²) < 4.78 is 2.41. The summed E-state index contributed by atoms with van der Waals surface area (Å²) in [7, 11) is 0. The van der Waals surface area contributed by atoms with E-state index in [1.54, 1.807) is 11.3 Å². The van der Waals surface area contributed by atoms with E-state index in [0.717, 1.165) is 49.4 Å². The minimum Gasteiger partial charge on any atom is -0.208 e. The molecule has 10 aromatic carbocycles. The van der Waals surface area contributed by atoms with Crippen LogP contribution >= 0.6 is 11.3 Å². The highest BCUT2D eigenvalue weighted by atomic mass is 32.1. The van der Waals surface area contributed by atoms with Gasteiger partial charge in [0.25, 0.3) is 0 Å². The van der Waals surface area contributed by atoms with Crippen molar-refractivity contribution in [1.29, 1.82) is 0 Å². The molecule has 0 aliphatic heterocycles. The van der Waals surface area contributed by atoms with Crippen molar-refractivity contribution in [2.24, 2.45) is 0 Å². The number of rotatable bonds is 5. The number of benzene rings is 10. The molecule has 4 heteroatoms. The van der Waals surface area contributed by atoms with Crippen LogP contribution < -0.4 is 0 Å². The molecule has 0 bridgehead atoms. The first-order valence-corrected chi connectivity index (χ1v) is 20.8. The van der Waals surface area contributed by atoms with Crippen molar-refractivity contribution in [3.05, 3.63) is 200 Å². The van der Waals surface area contributed by atoms with Crippen molar-refractivity contribution in [2.75, 3.05) is 0 Å². The Labute approximate surface area is 344 Å². The predicted molar refractivity (Wildman–Crippen MR) is 250 cm³/mol. The number of nitrogens with zero attached hydrogens (tertiary/aromatic N) is 3. The molecule has 0 unspecified atom stereocenters. The molecule has 0 N–H and O–H groups in total. The average Bonchev–Trinajstić information content (AvgIpc) is 3.69. The third kappa shape index (κ3) is 5.53. The summed E-state index contributed by atoms with van der Waals surface area (Å²) in [6.45, 7) is 0. The molecule has 0 spiro atoms. The molecule has 0 amide bonds. The van der Waals surface area contributed by atoms with Crippen LogP contribution in [0.4, 0.5) is 0 Å². The fourth-order valence-electron chi connectivity index (χ4n) is 8.95. The summed E-state index contributed by atoms with van der Waals surface area (Å²) in [6.07, 6.45) is 0. The summed E-state index contributed by atoms with van der Waals surface area (Å²) in [5.41, 5.74) is 7.53. The fraction of sp³-hybridized carbons (Fsp3) is 0. The normalized spacial score (nSPS) is 11.7. The number of aromatic nitrogens is 3. The lowest BCUT2D eigenvalue weighted by molar-refractivity contribution is 1.08. The Morgan fingerprint density at radius 3 is 1.64 bits per heavy atom. The topological polar surface area (TPSA) is 38.7 Å². The van der Waals surface area contributed by atoms with Gasteiger partial charge in [-0.3, -0.25) is 0 Å². The SMILES string of the molecule is c1ccc2cc(-c3ccc(-c4nc(-c5c(-c6cccc7ccccc67)ccc6ccccc56)nc(-c5cccc6c5sc5ccccc56)n4)c4ccccc34)ccc2c1. The van der Waals surface area contributed by atoms with E-state index in [9.17, 15) is 0 Å². The smallest absolute Gasteiger partial charge is 0.165 e. The van der Waals surface area contributed by atoms with Crippen molar-refractivity contribution >= 4 is 74.6 Å². The van der Waals surface area contributed by atoms with E-state index in [2.05, 4.69) is 200 Å². The maximum Gasteiger partial charge on any atom is 0.165 e. The van der Waals surface area contributed by atoms with E-state index in [0.29, 0.717) is 17.5 Å². The highest BCUT2D eigenvalue weighted by Crippen LogP contribution is 2.44. The van der Waals surface area contributed by atoms with Gasteiger partial charge in [-0.05, 0) is 89.6 Å². The van der Waals surface area contributed by atoms with E-state index in [1.807, 2.05) is 0 Å². The van der Waals surface area contributed by atoms with E-state index in [4.69, 9.17) is 15.0 Å². The molecule has 2 aromatic heterocycles. The fourth-order valence-corrected chi connectivity index (χ4v) is 10.2. The summed E-state index contributed by atoms with van der Waals surface area (Å²) >= 11 is 1.79. The van der Waals surface area contributed by atoms with Crippen molar-refractivity contribution in [1.82, 2.24) is 15.0 Å². The molecule has 59 heavy (non-hydrogen) atoms. The molecule has 12 rings (SSSR count). The van der Waals surface area contributed by atoms with Crippen molar-refractivity contribution < 1.29 is 0 Å². The molecule has 0 saturated heterocycles. The van der Waals surface area contributed by atoms with Gasteiger partial charge in [0, 0.05) is 36.9 Å². The van der Waals surface area contributed by atoms with Crippen molar-refractivity contribution in [3.8, 4) is 56.4 Å². The minimum atomic E-state index is 0.640. The Morgan fingerprint density at radius 2 is 0.814 bits per heavy atom. The maximum atomic E-state index is 5.51. The minimum absolute atomic E-state index is 0.640. The predicted octanol–water partition coefficient (Wildman–Crippen LogP) is 15.2. The molecule has 3 nitrogen and oxygen atoms in total. The standard InChI is InChI=1S/C55H33N3S/c1-2-16-37-33-38(28-27-34(37)13-1)40-31-32-48(44-21-8-7-20-42(40)44)53-56-54(49-25-12-24-47-45-22-9-10-26-50(45)59-52(47)49)58-55(57-53)51-41-19-6-4-15-36(41)29-30-46(51)43-23-11-17-35-14-3-5-18-39(35)43/h1-33H. The second kappa shape index (κ2) is 13.6. The van der Waals surface area contributed by atoms with Crippen LogP contribution in [0.5, 0.6) is 0 Å². The van der Waals surface area contributed by atoms with Crippen LogP contribution in [0.25, 0.3) is 120 Å². The molecule has 0 atom stereocenters. The molecular formula is C55H33N3S. The molecule has 274 valence electrons. The van der Waals surface area contributed by atoms with Crippen LogP contribution in [0.3, 0.4) is 0 Å². The van der Waals surface area contributed by atoms with Gasteiger partial charge < -0.3 is 0 Å². The Bertz CT molecular complexity index is 3630. The summed E-state index contributed by atoms with van der Waals surface area (Å²) in [4.78, 5) is 16.4. The van der Waals surface area contributed by atoms with Gasteiger partial charge >= 0.3 is 0 Å². The second-order valence-electron chi connectivity index (χ2n) is 15.1. The Morgan fingerprint density at radius 1 is 0.288 bits per heavy atom. The zero-order valence-electron chi connectivity index (χ0n) is 31.8. The van der Waals surface area contributed by atoms with Gasteiger partial charge in [-0.25, -0.2) is 15.0 Å². The van der Waals surface area contributed by atoms with Crippen LogP contribution in [-0.4, -0.2) is 15.0 Å². The van der Waals surface area contributed by atoms with Crippen LogP contribution in [-0.2, 0) is 0 Å². The quantitative estimate of drug-likeness (QED) is 0.175. The third-order valence-corrected chi connectivity index (χ3v) is 13.0. The Hall–Kier alpha value is -7.53. The number of thiophene rings is 1. The van der Waals surface area contributed by atoms with Gasteiger partial charge in [0.2, 0.25) is 0 Å². The lowest BCUT2D eigenvalue weighted by Crippen LogP contribution is -2.02. The van der Waals surface area contributed by atoms with Crippen LogP contribution in [0, 0.1) is 0 Å². The molecule has 0 radical (unpaired) electrons. The van der Waals surface area contributed by atoms with Crippen molar-refractivity contribution in [3.63, 3.8) is 0 Å². The summed E-state index contributed by atoms with van der Waals surface area (Å²) in [6, 6.07) is 71.7. The highest BCUT2D eigenvalue weighted by Gasteiger charge is 2.22. The van der Waals surface area contributed by atoms with Gasteiger partial charge in [0.05, 0.1) is 0 Å². The first kappa shape index (κ1) is 33.6. The molecule has 12 aromatic rings. The van der Waals surface area contributed by atoms with E-state index in [-0.39, 0.29) is 0 Å². The lowest BCUT2D eigenvalue weighted by atomic mass is 9.90. The van der Waals surface area contributed by atoms with Gasteiger partial charge in [-0.1, -0.05) is 176 Å². The molecule has 2 heterocycles. The number of hydrogen-bond acceptors (Lipinski definition) is 4. The molecular weight excluding hydrogens is 735 g/mol. The van der Waals surface area contributed by atoms with Gasteiger partial charge in [-0.15, -0.1) is 11.3 Å². The van der Waals surface area contributed by atoms with Gasteiger partial charge in [0.1, 0.15) is 0 Å². The lowest BCUT2D eigenvalue weighted by Gasteiger charge is -2.17. The van der Waals surface area contributed by atoms with Gasteiger partial charge in [-0.2, -0.15) is 0 Å². The second-order valence-corrected chi connectivity index (χ2v) is 16.1. The molecule has 0 fully saturated rings. The largest absolute Gasteiger partial charge is 0.208 e. The van der Waals surface area contributed by atoms with E-state index in [1.165, 1.54) is 52.8 Å². The zero-order chi connectivity index (χ0) is 38.9. The zero-order valence-corrected chi connectivity index (χ0v) is 32.6. The van der Waals surface area contributed by atoms with Crippen LogP contribution in [0.2, 0.25) is 0 Å². The summed E-state index contributed by atoms with van der Waals surface area (Å²) in [5, 5.41) is 11.7. The molecule has 0 aliphatic rings. The van der Waals surface area contributed by atoms with Crippen molar-refractivity contribution in [2.45, 2.75) is 0 Å².